The zero-order valence-electron chi connectivity index (χ0n) is 12.1. The molecule has 0 aromatic heterocycles. The smallest absolute Gasteiger partial charge is 0.242 e. The molecule has 2 rings (SSSR count). The van der Waals surface area contributed by atoms with Gasteiger partial charge in [0.2, 0.25) is 11.8 Å². The van der Waals surface area contributed by atoms with E-state index in [1.807, 2.05) is 38.1 Å². The van der Waals surface area contributed by atoms with Gasteiger partial charge in [-0.15, -0.1) is 0 Å². The molecule has 1 aromatic carbocycles. The van der Waals surface area contributed by atoms with E-state index in [1.54, 1.807) is 7.05 Å². The number of hydrogen-bond acceptors (Lipinski definition) is 3. The first-order chi connectivity index (χ1) is 9.44. The molecule has 108 valence electrons. The molecule has 0 aliphatic carbocycles. The number of anilines is 1. The Morgan fingerprint density at radius 1 is 1.35 bits per heavy atom. The quantitative estimate of drug-likeness (QED) is 0.765. The van der Waals surface area contributed by atoms with Crippen LogP contribution in [0.15, 0.2) is 24.3 Å². The Morgan fingerprint density at radius 3 is 2.70 bits per heavy atom. The molecule has 0 bridgehead atoms. The maximum Gasteiger partial charge on any atom is 0.242 e. The lowest BCUT2D eigenvalue weighted by Gasteiger charge is -2.23. The summed E-state index contributed by atoms with van der Waals surface area (Å²) in [7, 11) is 1.60. The van der Waals surface area contributed by atoms with Crippen LogP contribution in [0.2, 0.25) is 0 Å². The van der Waals surface area contributed by atoms with E-state index in [-0.39, 0.29) is 17.9 Å². The minimum Gasteiger partial charge on any atom is -0.373 e. The average Bonchev–Trinajstić information content (AvgIpc) is 2.87. The van der Waals surface area contributed by atoms with E-state index in [9.17, 15) is 9.59 Å². The van der Waals surface area contributed by atoms with Gasteiger partial charge in [0.05, 0.1) is 5.41 Å². The molecule has 1 aromatic rings. The SMILES string of the molecule is CNC(=O)C(C)(C)CNC(=O)[C@@H]1Cc2ccccc2N1. The topological polar surface area (TPSA) is 70.2 Å². The van der Waals surface area contributed by atoms with Crippen molar-refractivity contribution in [3.05, 3.63) is 29.8 Å². The maximum atomic E-state index is 12.2. The van der Waals surface area contributed by atoms with Crippen molar-refractivity contribution >= 4 is 17.5 Å². The van der Waals surface area contributed by atoms with Crippen LogP contribution in [-0.2, 0) is 16.0 Å². The van der Waals surface area contributed by atoms with E-state index >= 15 is 0 Å². The van der Waals surface area contributed by atoms with E-state index < -0.39 is 5.41 Å². The lowest BCUT2D eigenvalue weighted by molar-refractivity contribution is -0.129. The molecule has 1 aliphatic rings. The summed E-state index contributed by atoms with van der Waals surface area (Å²) >= 11 is 0. The molecule has 0 saturated heterocycles. The lowest BCUT2D eigenvalue weighted by atomic mass is 9.92. The highest BCUT2D eigenvalue weighted by Crippen LogP contribution is 2.25. The van der Waals surface area contributed by atoms with Gasteiger partial charge in [-0.25, -0.2) is 0 Å². The average molecular weight is 275 g/mol. The first kappa shape index (κ1) is 14.4. The largest absolute Gasteiger partial charge is 0.373 e. The minimum absolute atomic E-state index is 0.0711. The number of amides is 2. The van der Waals surface area contributed by atoms with Gasteiger partial charge in [-0.3, -0.25) is 9.59 Å². The number of para-hydroxylation sites is 1. The van der Waals surface area contributed by atoms with E-state index in [1.165, 1.54) is 0 Å². The zero-order chi connectivity index (χ0) is 14.8. The van der Waals surface area contributed by atoms with Crippen LogP contribution in [0.4, 0.5) is 5.69 Å². The van der Waals surface area contributed by atoms with Gasteiger partial charge in [0.25, 0.3) is 0 Å². The van der Waals surface area contributed by atoms with Crippen LogP contribution < -0.4 is 16.0 Å². The maximum absolute atomic E-state index is 12.2. The summed E-state index contributed by atoms with van der Waals surface area (Å²) in [6.07, 6.45) is 0.683. The summed E-state index contributed by atoms with van der Waals surface area (Å²) in [5.74, 6) is -0.154. The van der Waals surface area contributed by atoms with Crippen LogP contribution in [0.1, 0.15) is 19.4 Å². The molecule has 5 nitrogen and oxygen atoms in total. The number of nitrogens with one attached hydrogen (secondary N) is 3. The van der Waals surface area contributed by atoms with Crippen molar-refractivity contribution in [2.45, 2.75) is 26.3 Å². The van der Waals surface area contributed by atoms with Crippen LogP contribution in [0, 0.1) is 5.41 Å². The van der Waals surface area contributed by atoms with Crippen molar-refractivity contribution in [1.29, 1.82) is 0 Å². The van der Waals surface area contributed by atoms with Crippen LogP contribution >= 0.6 is 0 Å². The molecular formula is C15H21N3O2. The second kappa shape index (κ2) is 5.53. The third kappa shape index (κ3) is 2.92. The Bertz CT molecular complexity index is 501. The van der Waals surface area contributed by atoms with Gasteiger partial charge in [-0.05, 0) is 25.5 Å². The van der Waals surface area contributed by atoms with E-state index in [2.05, 4.69) is 16.0 Å². The number of hydrogen-bond donors (Lipinski definition) is 3. The lowest BCUT2D eigenvalue weighted by Crippen LogP contribution is -2.47. The Hall–Kier alpha value is -2.04. The predicted octanol–water partition coefficient (Wildman–Crippen LogP) is 0.912. The molecule has 0 radical (unpaired) electrons. The van der Waals surface area contributed by atoms with Gasteiger partial charge >= 0.3 is 0 Å². The number of fused-ring (bicyclic) bond motifs is 1. The zero-order valence-corrected chi connectivity index (χ0v) is 12.1. The molecule has 0 spiro atoms. The third-order valence-electron chi connectivity index (χ3n) is 3.63. The van der Waals surface area contributed by atoms with Crippen LogP contribution in [0.5, 0.6) is 0 Å². The summed E-state index contributed by atoms with van der Waals surface area (Å²) in [6.45, 7) is 3.94. The molecule has 0 unspecified atom stereocenters. The van der Waals surface area contributed by atoms with Gasteiger partial charge in [0.1, 0.15) is 6.04 Å². The first-order valence-electron chi connectivity index (χ1n) is 6.78. The Labute approximate surface area is 119 Å². The molecule has 2 amide bonds. The highest BCUT2D eigenvalue weighted by molar-refractivity contribution is 5.88. The molecule has 0 fully saturated rings. The summed E-state index contributed by atoms with van der Waals surface area (Å²) in [5.41, 5.74) is 1.55. The number of benzene rings is 1. The van der Waals surface area contributed by atoms with Crippen molar-refractivity contribution in [1.82, 2.24) is 10.6 Å². The number of carbonyl (C=O) groups is 2. The fraction of sp³-hybridized carbons (Fsp3) is 0.467. The highest BCUT2D eigenvalue weighted by Gasteiger charge is 2.30. The van der Waals surface area contributed by atoms with Crippen molar-refractivity contribution in [3.8, 4) is 0 Å². The Kier molecular flexibility index (Phi) is 3.97. The molecule has 1 aliphatic heterocycles. The monoisotopic (exact) mass is 275 g/mol. The van der Waals surface area contributed by atoms with E-state index in [4.69, 9.17) is 0 Å². The van der Waals surface area contributed by atoms with Gasteiger partial charge in [-0.1, -0.05) is 18.2 Å². The summed E-state index contributed by atoms with van der Waals surface area (Å²) in [6, 6.07) is 7.64. The van der Waals surface area contributed by atoms with Gasteiger partial charge in [0, 0.05) is 25.7 Å². The van der Waals surface area contributed by atoms with Crippen LogP contribution in [0.25, 0.3) is 0 Å². The third-order valence-corrected chi connectivity index (χ3v) is 3.63. The van der Waals surface area contributed by atoms with E-state index in [0.717, 1.165) is 11.3 Å². The summed E-state index contributed by atoms with van der Waals surface area (Å²) in [5, 5.41) is 8.66. The summed E-state index contributed by atoms with van der Waals surface area (Å²) < 4.78 is 0. The van der Waals surface area contributed by atoms with Crippen LogP contribution in [0.3, 0.4) is 0 Å². The van der Waals surface area contributed by atoms with Gasteiger partial charge in [-0.2, -0.15) is 0 Å². The highest BCUT2D eigenvalue weighted by atomic mass is 16.2. The van der Waals surface area contributed by atoms with Gasteiger partial charge in [0.15, 0.2) is 0 Å². The molecule has 1 heterocycles. The van der Waals surface area contributed by atoms with E-state index in [0.29, 0.717) is 13.0 Å². The van der Waals surface area contributed by atoms with Crippen molar-refractivity contribution in [2.24, 2.45) is 5.41 Å². The molecule has 5 heteroatoms. The van der Waals surface area contributed by atoms with Crippen molar-refractivity contribution in [3.63, 3.8) is 0 Å². The van der Waals surface area contributed by atoms with Gasteiger partial charge < -0.3 is 16.0 Å². The second-order valence-electron chi connectivity index (χ2n) is 5.74. The fourth-order valence-corrected chi connectivity index (χ4v) is 2.31. The fourth-order valence-electron chi connectivity index (χ4n) is 2.31. The first-order valence-corrected chi connectivity index (χ1v) is 6.78. The number of carbonyl (C=O) groups excluding carboxylic acids is 2. The number of rotatable bonds is 4. The predicted molar refractivity (Wildman–Crippen MR) is 78.4 cm³/mol. The van der Waals surface area contributed by atoms with Crippen molar-refractivity contribution < 1.29 is 9.59 Å². The molecule has 20 heavy (non-hydrogen) atoms. The minimum atomic E-state index is -0.615. The Morgan fingerprint density at radius 2 is 2.05 bits per heavy atom. The normalized spacial score (nSPS) is 17.1. The standard InChI is InChI=1S/C15H21N3O2/c1-15(2,14(20)16-3)9-17-13(19)12-8-10-6-4-5-7-11(10)18-12/h4-7,12,18H,8-9H2,1-3H3,(H,16,20)(H,17,19)/t12-/m0/s1. The molecular weight excluding hydrogens is 254 g/mol. The Balaban J connectivity index is 1.90. The molecule has 1 atom stereocenters. The van der Waals surface area contributed by atoms with Crippen LogP contribution in [-0.4, -0.2) is 31.4 Å². The van der Waals surface area contributed by atoms with Crippen molar-refractivity contribution in [2.75, 3.05) is 18.9 Å². The summed E-state index contributed by atoms with van der Waals surface area (Å²) in [4.78, 5) is 23.8. The molecule has 3 N–H and O–H groups in total. The molecule has 0 saturated carbocycles. The second-order valence-corrected chi connectivity index (χ2v) is 5.74.